The van der Waals surface area contributed by atoms with Crippen molar-refractivity contribution < 1.29 is 28.7 Å². The van der Waals surface area contributed by atoms with Crippen LogP contribution in [-0.4, -0.2) is 63.0 Å². The molecule has 2 rings (SSSR count). The average molecular weight is 717 g/mol. The minimum absolute atomic E-state index is 0.114. The lowest BCUT2D eigenvalue weighted by Crippen LogP contribution is -2.34. The van der Waals surface area contributed by atoms with Gasteiger partial charge in [-0.2, -0.15) is 4.98 Å². The molecule has 0 aromatic carbocycles. The summed E-state index contributed by atoms with van der Waals surface area (Å²) in [5.41, 5.74) is 1.06. The molecule has 2 N–H and O–H groups in total. The quantitative estimate of drug-likeness (QED) is 0.0807. The molecule has 2 heterocycles. The number of aromatic nitrogens is 4. The van der Waals surface area contributed by atoms with E-state index < -0.39 is 17.9 Å². The van der Waals surface area contributed by atoms with Gasteiger partial charge in [-0.1, -0.05) is 86.8 Å². The third-order valence-electron chi connectivity index (χ3n) is 7.60. The number of hydrogen-bond donors (Lipinski definition) is 2. The van der Waals surface area contributed by atoms with Gasteiger partial charge < -0.3 is 19.4 Å². The molecule has 1 unspecified atom stereocenters. The molecule has 0 fully saturated rings. The molecule has 1 atom stereocenters. The molecule has 52 heavy (non-hydrogen) atoms. The minimum atomic E-state index is -0.512. The molecule has 12 nitrogen and oxygen atoms in total. The summed E-state index contributed by atoms with van der Waals surface area (Å²) in [6.45, 7) is 7.36. The van der Waals surface area contributed by atoms with Crippen LogP contribution in [0.25, 0.3) is 11.2 Å². The summed E-state index contributed by atoms with van der Waals surface area (Å²) in [7, 11) is 0. The van der Waals surface area contributed by atoms with Crippen LogP contribution >= 0.6 is 0 Å². The van der Waals surface area contributed by atoms with E-state index in [0.29, 0.717) is 37.0 Å². The standard InChI is InChI=1S/C40H56N6O6/c1-5-6-7-8-9-10-11-12-13-14-15-16-17-18-19-20-21-22-23-24-37(49)41-27-32(2)39(50)45-40-42-28-36-38(44-40)46(31-43-36)26-25-35(29-51-33(3)47)30-52-34(4)48/h6-7,9-10,12-13,15-16,18-19,21-22,28,31-32,35H,5,8,11,14,17,20,23-27,29-30H2,1-4H3,(H,41,49)(H,42,44,45,50)/b7-6-,10-9-,13-12-,16-15-,19-18-,22-21-. The molecule has 0 radical (unpaired) electrons. The first kappa shape index (κ1) is 43.0. The zero-order valence-electron chi connectivity index (χ0n) is 31.2. The molecular weight excluding hydrogens is 660 g/mol. The van der Waals surface area contributed by atoms with E-state index in [9.17, 15) is 19.2 Å². The molecule has 282 valence electrons. The van der Waals surface area contributed by atoms with Gasteiger partial charge in [0.1, 0.15) is 5.52 Å². The number of nitrogens with one attached hydrogen (secondary N) is 2. The third-order valence-corrected chi connectivity index (χ3v) is 7.60. The first-order valence-corrected chi connectivity index (χ1v) is 18.1. The van der Waals surface area contributed by atoms with E-state index >= 15 is 0 Å². The number of rotatable bonds is 25. The molecule has 0 aliphatic carbocycles. The van der Waals surface area contributed by atoms with E-state index in [4.69, 9.17) is 9.47 Å². The van der Waals surface area contributed by atoms with Gasteiger partial charge >= 0.3 is 11.9 Å². The Morgan fingerprint density at radius 3 is 1.87 bits per heavy atom. The summed E-state index contributed by atoms with van der Waals surface area (Å²) in [5.74, 6) is -1.89. The summed E-state index contributed by atoms with van der Waals surface area (Å²) >= 11 is 0. The van der Waals surface area contributed by atoms with Gasteiger partial charge in [0, 0.05) is 39.3 Å². The van der Waals surface area contributed by atoms with Gasteiger partial charge in [-0.25, -0.2) is 9.97 Å². The van der Waals surface area contributed by atoms with E-state index in [0.717, 1.165) is 38.5 Å². The second kappa shape index (κ2) is 26.6. The number of amides is 2. The molecule has 0 saturated carbocycles. The van der Waals surface area contributed by atoms with E-state index in [1.807, 2.05) is 12.2 Å². The SMILES string of the molecule is CC/C=C\C/C=C\C/C=C\C/C=C\C/C=C\C/C=C\CCC(=O)NCC(C)C(=O)Nc1ncc2ncn(CCC(COC(C)=O)COC(C)=O)c2n1. The highest BCUT2D eigenvalue weighted by Gasteiger charge is 2.18. The number of hydrogen-bond acceptors (Lipinski definition) is 9. The predicted molar refractivity (Wildman–Crippen MR) is 205 cm³/mol. The number of carbonyl (C=O) groups excluding carboxylic acids is 4. The molecular formula is C40H56N6O6. The number of ether oxygens (including phenoxy) is 2. The number of fused-ring (bicyclic) bond motifs is 1. The monoisotopic (exact) mass is 716 g/mol. The van der Waals surface area contributed by atoms with Gasteiger partial charge in [-0.15, -0.1) is 0 Å². The molecule has 0 aliphatic heterocycles. The molecule has 2 amide bonds. The Hall–Kier alpha value is -5.13. The second-order valence-electron chi connectivity index (χ2n) is 12.2. The topological polar surface area (TPSA) is 154 Å². The van der Waals surface area contributed by atoms with Crippen molar-refractivity contribution in [1.29, 1.82) is 0 Å². The fourth-order valence-electron chi connectivity index (χ4n) is 4.62. The summed E-state index contributed by atoms with van der Waals surface area (Å²) in [6.07, 6.45) is 36.1. The fraction of sp³-hybridized carbons (Fsp3) is 0.475. The second-order valence-corrected chi connectivity index (χ2v) is 12.2. The van der Waals surface area contributed by atoms with Gasteiger partial charge in [-0.3, -0.25) is 24.5 Å². The Labute approximate surface area is 308 Å². The number of nitrogens with zero attached hydrogens (tertiary/aromatic N) is 4. The molecule has 0 bridgehead atoms. The maximum absolute atomic E-state index is 12.8. The predicted octanol–water partition coefficient (Wildman–Crippen LogP) is 7.13. The lowest BCUT2D eigenvalue weighted by molar-refractivity contribution is -0.146. The summed E-state index contributed by atoms with van der Waals surface area (Å²) < 4.78 is 12.0. The molecule has 2 aromatic heterocycles. The average Bonchev–Trinajstić information content (AvgIpc) is 3.53. The minimum Gasteiger partial charge on any atom is -0.465 e. The summed E-state index contributed by atoms with van der Waals surface area (Å²) in [6, 6.07) is 0. The van der Waals surface area contributed by atoms with Gasteiger partial charge in [0.15, 0.2) is 5.65 Å². The van der Waals surface area contributed by atoms with Crippen LogP contribution < -0.4 is 10.6 Å². The van der Waals surface area contributed by atoms with Gasteiger partial charge in [0.2, 0.25) is 17.8 Å². The largest absolute Gasteiger partial charge is 0.465 e. The Kier molecular flexibility index (Phi) is 22.1. The molecule has 12 heteroatoms. The van der Waals surface area contributed by atoms with Crippen LogP contribution in [0, 0.1) is 11.8 Å². The first-order valence-electron chi connectivity index (χ1n) is 18.1. The fourth-order valence-corrected chi connectivity index (χ4v) is 4.62. The van der Waals surface area contributed by atoms with Crippen LogP contribution in [0.5, 0.6) is 0 Å². The number of allylic oxidation sites excluding steroid dienone is 12. The summed E-state index contributed by atoms with van der Waals surface area (Å²) in [4.78, 5) is 60.7. The molecule has 0 saturated heterocycles. The Morgan fingerprint density at radius 2 is 1.33 bits per heavy atom. The van der Waals surface area contributed by atoms with Crippen LogP contribution in [0.15, 0.2) is 85.4 Å². The Morgan fingerprint density at radius 1 is 0.788 bits per heavy atom. The van der Waals surface area contributed by atoms with Crippen molar-refractivity contribution in [2.75, 3.05) is 25.1 Å². The van der Waals surface area contributed by atoms with Crippen LogP contribution in [0.1, 0.15) is 85.5 Å². The van der Waals surface area contributed by atoms with Crippen molar-refractivity contribution in [2.45, 2.75) is 92.0 Å². The smallest absolute Gasteiger partial charge is 0.302 e. The number of imidazole rings is 1. The summed E-state index contributed by atoms with van der Waals surface area (Å²) in [5, 5.41) is 5.54. The molecule has 2 aromatic rings. The normalized spacial score (nSPS) is 12.8. The van der Waals surface area contributed by atoms with Gasteiger partial charge in [0.05, 0.1) is 31.7 Å². The van der Waals surface area contributed by atoms with Crippen molar-refractivity contribution in [1.82, 2.24) is 24.8 Å². The maximum atomic E-state index is 12.8. The van der Waals surface area contributed by atoms with Crippen molar-refractivity contribution in [3.05, 3.63) is 85.4 Å². The highest BCUT2D eigenvalue weighted by molar-refractivity contribution is 5.91. The van der Waals surface area contributed by atoms with Gasteiger partial charge in [-0.05, 0) is 51.4 Å². The molecule has 0 aliphatic rings. The van der Waals surface area contributed by atoms with E-state index in [1.165, 1.54) is 20.0 Å². The van der Waals surface area contributed by atoms with Crippen molar-refractivity contribution >= 4 is 40.9 Å². The maximum Gasteiger partial charge on any atom is 0.302 e. The van der Waals surface area contributed by atoms with Crippen LogP contribution in [0.3, 0.4) is 0 Å². The Bertz CT molecular complexity index is 1550. The van der Waals surface area contributed by atoms with Crippen molar-refractivity contribution in [3.8, 4) is 0 Å². The van der Waals surface area contributed by atoms with Crippen molar-refractivity contribution in [2.24, 2.45) is 11.8 Å². The lowest BCUT2D eigenvalue weighted by Gasteiger charge is -2.16. The first-order chi connectivity index (χ1) is 25.2. The lowest BCUT2D eigenvalue weighted by atomic mass is 10.1. The number of aryl methyl sites for hydroxylation is 1. The van der Waals surface area contributed by atoms with Crippen molar-refractivity contribution in [3.63, 3.8) is 0 Å². The third kappa shape index (κ3) is 19.9. The highest BCUT2D eigenvalue weighted by atomic mass is 16.5. The number of esters is 2. The van der Waals surface area contributed by atoms with E-state index in [2.05, 4.69) is 93.3 Å². The van der Waals surface area contributed by atoms with Crippen LogP contribution in [0.2, 0.25) is 0 Å². The van der Waals surface area contributed by atoms with E-state index in [-0.39, 0.29) is 43.4 Å². The Balaban J connectivity index is 1.66. The zero-order chi connectivity index (χ0) is 37.8. The number of anilines is 1. The van der Waals surface area contributed by atoms with Gasteiger partial charge in [0.25, 0.3) is 0 Å². The highest BCUT2D eigenvalue weighted by Crippen LogP contribution is 2.15. The van der Waals surface area contributed by atoms with Crippen LogP contribution in [-0.2, 0) is 35.2 Å². The number of carbonyl (C=O) groups is 4. The van der Waals surface area contributed by atoms with Crippen LogP contribution in [0.4, 0.5) is 5.95 Å². The zero-order valence-corrected chi connectivity index (χ0v) is 31.2. The van der Waals surface area contributed by atoms with E-state index in [1.54, 1.807) is 17.8 Å². The molecule has 0 spiro atoms.